The van der Waals surface area contributed by atoms with Gasteiger partial charge in [0, 0.05) is 11.6 Å². The average Bonchev–Trinajstić information content (AvgIpc) is 2.64. The summed E-state index contributed by atoms with van der Waals surface area (Å²) in [6.45, 7) is 2.06. The van der Waals surface area contributed by atoms with Crippen molar-refractivity contribution >= 4 is 13.4 Å². The predicted octanol–water partition coefficient (Wildman–Crippen LogP) is 1.06. The van der Waals surface area contributed by atoms with E-state index >= 15 is 0 Å². The Labute approximate surface area is 68.3 Å². The first-order valence-electron chi connectivity index (χ1n) is 4.00. The maximum absolute atomic E-state index is 5.61. The van der Waals surface area contributed by atoms with E-state index in [-0.39, 0.29) is 0 Å². The number of rotatable bonds is 1. The van der Waals surface area contributed by atoms with Gasteiger partial charge in [-0.15, -0.1) is 0 Å². The predicted molar refractivity (Wildman–Crippen MR) is 46.3 cm³/mol. The normalized spacial score (nSPS) is 16.8. The zero-order valence-corrected chi connectivity index (χ0v) is 6.67. The van der Waals surface area contributed by atoms with E-state index in [2.05, 4.69) is 18.0 Å². The molecule has 1 aromatic rings. The van der Waals surface area contributed by atoms with Crippen LogP contribution in [0.3, 0.4) is 0 Å². The molecule has 1 aromatic heterocycles. The molecule has 1 aliphatic rings. The summed E-state index contributed by atoms with van der Waals surface area (Å²) in [5, 5.41) is 0. The van der Waals surface area contributed by atoms with Crippen molar-refractivity contribution in [3.05, 3.63) is 23.4 Å². The van der Waals surface area contributed by atoms with Gasteiger partial charge in [0.25, 0.3) is 0 Å². The molecule has 0 spiro atoms. The Morgan fingerprint density at radius 3 is 2.73 bits per heavy atom. The van der Waals surface area contributed by atoms with Crippen LogP contribution in [0.15, 0.2) is 12.1 Å². The Morgan fingerprint density at radius 1 is 1.45 bits per heavy atom. The first kappa shape index (κ1) is 6.90. The lowest BCUT2D eigenvalue weighted by Crippen LogP contribution is -2.10. The number of hydrogen-bond acceptors (Lipinski definition) is 1. The summed E-state index contributed by atoms with van der Waals surface area (Å²) < 4.78 is 0. The van der Waals surface area contributed by atoms with E-state index in [1.165, 1.54) is 24.1 Å². The fraction of sp³-hybridized carbons (Fsp3) is 0.444. The summed E-state index contributed by atoms with van der Waals surface area (Å²) in [7, 11) is 5.61. The van der Waals surface area contributed by atoms with Gasteiger partial charge in [0.2, 0.25) is 0 Å². The highest BCUT2D eigenvalue weighted by atomic mass is 14.7. The topological polar surface area (TPSA) is 12.9 Å². The van der Waals surface area contributed by atoms with Gasteiger partial charge in [0.1, 0.15) is 7.85 Å². The Bertz CT molecular complexity index is 259. The molecule has 0 atom stereocenters. The van der Waals surface area contributed by atoms with Gasteiger partial charge in [-0.3, -0.25) is 4.98 Å². The van der Waals surface area contributed by atoms with Gasteiger partial charge in [-0.1, -0.05) is 0 Å². The molecule has 2 rings (SSSR count). The van der Waals surface area contributed by atoms with E-state index in [1.54, 1.807) is 0 Å². The van der Waals surface area contributed by atoms with Gasteiger partial charge in [0.05, 0.1) is 0 Å². The molecule has 0 unspecified atom stereocenters. The monoisotopic (exact) mass is 143 g/mol. The SMILES string of the molecule is [B]c1cc(C)cc(C2CC2)n1. The van der Waals surface area contributed by atoms with Gasteiger partial charge >= 0.3 is 0 Å². The molecule has 54 valence electrons. The number of pyridine rings is 1. The summed E-state index contributed by atoms with van der Waals surface area (Å²) in [6.07, 6.45) is 2.58. The molecule has 0 aromatic carbocycles. The minimum Gasteiger partial charge on any atom is -0.269 e. The van der Waals surface area contributed by atoms with Gasteiger partial charge in [-0.25, -0.2) is 0 Å². The molecular formula is C9H10BN. The van der Waals surface area contributed by atoms with Crippen LogP contribution in [0, 0.1) is 6.92 Å². The van der Waals surface area contributed by atoms with Crippen LogP contribution in [0.5, 0.6) is 0 Å². The molecule has 1 heterocycles. The van der Waals surface area contributed by atoms with Crippen molar-refractivity contribution in [2.75, 3.05) is 0 Å². The maximum atomic E-state index is 5.61. The van der Waals surface area contributed by atoms with Crippen LogP contribution in [0.2, 0.25) is 0 Å². The molecule has 1 nitrogen and oxygen atoms in total. The highest BCUT2D eigenvalue weighted by molar-refractivity contribution is 6.30. The Morgan fingerprint density at radius 2 is 2.18 bits per heavy atom. The molecule has 1 aliphatic carbocycles. The molecule has 0 bridgehead atoms. The van der Waals surface area contributed by atoms with Crippen molar-refractivity contribution in [1.29, 1.82) is 0 Å². The van der Waals surface area contributed by atoms with E-state index in [0.717, 1.165) is 0 Å². The van der Waals surface area contributed by atoms with Crippen LogP contribution in [0.1, 0.15) is 30.0 Å². The van der Waals surface area contributed by atoms with Crippen molar-refractivity contribution in [2.45, 2.75) is 25.7 Å². The molecule has 0 amide bonds. The van der Waals surface area contributed by atoms with Gasteiger partial charge in [-0.2, -0.15) is 0 Å². The van der Waals surface area contributed by atoms with Crippen LogP contribution < -0.4 is 5.59 Å². The van der Waals surface area contributed by atoms with E-state index in [9.17, 15) is 0 Å². The van der Waals surface area contributed by atoms with Crippen molar-refractivity contribution in [2.24, 2.45) is 0 Å². The molecule has 11 heavy (non-hydrogen) atoms. The highest BCUT2D eigenvalue weighted by Crippen LogP contribution is 2.38. The molecule has 2 radical (unpaired) electrons. The standard InChI is InChI=1S/C9H10BN/c1-6-4-8(7-2-3-7)11-9(10)5-6/h4-5,7H,2-3H2,1H3. The van der Waals surface area contributed by atoms with Crippen LogP contribution in [-0.4, -0.2) is 12.8 Å². The van der Waals surface area contributed by atoms with Gasteiger partial charge in [0.15, 0.2) is 0 Å². The Kier molecular flexibility index (Phi) is 1.48. The Hall–Kier alpha value is -0.785. The minimum atomic E-state index is 0.659. The fourth-order valence-electron chi connectivity index (χ4n) is 1.31. The third-order valence-corrected chi connectivity index (χ3v) is 2.00. The Balaban J connectivity index is 2.39. The molecular weight excluding hydrogens is 133 g/mol. The zero-order valence-electron chi connectivity index (χ0n) is 6.67. The molecule has 1 saturated carbocycles. The highest BCUT2D eigenvalue weighted by Gasteiger charge is 2.24. The van der Waals surface area contributed by atoms with Gasteiger partial charge in [-0.05, 0) is 43.1 Å². The second-order valence-corrected chi connectivity index (χ2v) is 3.27. The summed E-state index contributed by atoms with van der Waals surface area (Å²) in [6, 6.07) is 4.04. The van der Waals surface area contributed by atoms with Gasteiger partial charge < -0.3 is 0 Å². The second-order valence-electron chi connectivity index (χ2n) is 3.27. The number of aromatic nitrogens is 1. The van der Waals surface area contributed by atoms with Crippen molar-refractivity contribution in [3.63, 3.8) is 0 Å². The molecule has 1 fully saturated rings. The van der Waals surface area contributed by atoms with Crippen molar-refractivity contribution in [3.8, 4) is 0 Å². The van der Waals surface area contributed by atoms with Crippen LogP contribution in [-0.2, 0) is 0 Å². The summed E-state index contributed by atoms with van der Waals surface area (Å²) in [4.78, 5) is 4.27. The lowest BCUT2D eigenvalue weighted by atomic mass is 10.0. The number of aryl methyl sites for hydroxylation is 1. The van der Waals surface area contributed by atoms with Crippen LogP contribution >= 0.6 is 0 Å². The average molecular weight is 143 g/mol. The van der Waals surface area contributed by atoms with Crippen LogP contribution in [0.25, 0.3) is 0 Å². The largest absolute Gasteiger partial charge is 0.269 e. The smallest absolute Gasteiger partial charge is 0.141 e. The number of hydrogen-bond donors (Lipinski definition) is 0. The zero-order chi connectivity index (χ0) is 7.84. The van der Waals surface area contributed by atoms with Crippen molar-refractivity contribution in [1.82, 2.24) is 4.98 Å². The van der Waals surface area contributed by atoms with E-state index < -0.39 is 0 Å². The third-order valence-electron chi connectivity index (χ3n) is 2.00. The first-order valence-corrected chi connectivity index (χ1v) is 4.00. The lowest BCUT2D eigenvalue weighted by molar-refractivity contribution is 1.03. The van der Waals surface area contributed by atoms with E-state index in [4.69, 9.17) is 7.85 Å². The van der Waals surface area contributed by atoms with Crippen molar-refractivity contribution < 1.29 is 0 Å². The number of nitrogens with zero attached hydrogens (tertiary/aromatic N) is 1. The summed E-state index contributed by atoms with van der Waals surface area (Å²) in [5.41, 5.74) is 3.06. The van der Waals surface area contributed by atoms with Crippen LogP contribution in [0.4, 0.5) is 0 Å². The molecule has 2 heteroatoms. The van der Waals surface area contributed by atoms with E-state index in [0.29, 0.717) is 11.5 Å². The molecule has 0 saturated heterocycles. The van der Waals surface area contributed by atoms with E-state index in [1.807, 2.05) is 6.07 Å². The summed E-state index contributed by atoms with van der Waals surface area (Å²) in [5.74, 6) is 0.706. The molecule has 0 N–H and O–H groups in total. The minimum absolute atomic E-state index is 0.659. The first-order chi connectivity index (χ1) is 5.25. The maximum Gasteiger partial charge on any atom is 0.141 e. The fourth-order valence-corrected chi connectivity index (χ4v) is 1.31. The quantitative estimate of drug-likeness (QED) is 0.535. The third kappa shape index (κ3) is 1.45. The second kappa shape index (κ2) is 2.37. The molecule has 0 aliphatic heterocycles. The summed E-state index contributed by atoms with van der Waals surface area (Å²) >= 11 is 0. The lowest BCUT2D eigenvalue weighted by Gasteiger charge is -2.01.